The van der Waals surface area contributed by atoms with Crippen LogP contribution in [-0.2, 0) is 4.79 Å². The van der Waals surface area contributed by atoms with Gasteiger partial charge >= 0.3 is 12.0 Å². The molecule has 2 atom stereocenters. The molecule has 0 unspecified atom stereocenters. The Hall–Kier alpha value is -2.48. The van der Waals surface area contributed by atoms with Gasteiger partial charge in [-0.05, 0) is 17.7 Å². The molecule has 102 valence electrons. The molecule has 1 aromatic carbocycles. The summed E-state index contributed by atoms with van der Waals surface area (Å²) in [6, 6.07) is 1.90. The number of nitrogens with two attached hydrogens (primary N) is 1. The minimum Gasteiger partial charge on any atom is -0.480 e. The van der Waals surface area contributed by atoms with E-state index in [1.807, 2.05) is 5.32 Å². The Morgan fingerprint density at radius 1 is 1.32 bits per heavy atom. The van der Waals surface area contributed by atoms with E-state index in [0.29, 0.717) is 11.5 Å². The smallest absolute Gasteiger partial charge is 0.329 e. The van der Waals surface area contributed by atoms with E-state index in [9.17, 15) is 14.7 Å². The molecule has 1 heterocycles. The summed E-state index contributed by atoms with van der Waals surface area (Å²) >= 11 is 0. The van der Waals surface area contributed by atoms with Gasteiger partial charge in [-0.3, -0.25) is 0 Å². The van der Waals surface area contributed by atoms with Gasteiger partial charge in [-0.25, -0.2) is 9.59 Å². The number of amides is 2. The van der Waals surface area contributed by atoms with Gasteiger partial charge < -0.3 is 30.7 Å². The molecule has 0 saturated heterocycles. The minimum absolute atomic E-state index is 0.0662. The molecular formula is C11H12N2O6. The predicted molar refractivity (Wildman–Crippen MR) is 61.7 cm³/mol. The molecule has 1 aromatic rings. The molecule has 19 heavy (non-hydrogen) atoms. The van der Waals surface area contributed by atoms with Crippen molar-refractivity contribution in [1.82, 2.24) is 5.32 Å². The molecule has 8 heteroatoms. The lowest BCUT2D eigenvalue weighted by molar-refractivity contribution is -0.142. The maximum absolute atomic E-state index is 11.0. The fourth-order valence-electron chi connectivity index (χ4n) is 1.72. The molecule has 1 aliphatic heterocycles. The zero-order chi connectivity index (χ0) is 14.0. The monoisotopic (exact) mass is 268 g/mol. The summed E-state index contributed by atoms with van der Waals surface area (Å²) in [5.41, 5.74) is 5.14. The van der Waals surface area contributed by atoms with E-state index in [1.54, 1.807) is 6.07 Å². The first kappa shape index (κ1) is 13.0. The number of aliphatic carboxylic acids is 1. The SMILES string of the molecule is NC(=O)N[C@H](C(=O)O)[C@@H](O)c1ccc2c(c1)OCO2. The number of carboxylic acid groups (broad SMARTS) is 1. The van der Waals surface area contributed by atoms with Crippen molar-refractivity contribution in [3.05, 3.63) is 23.8 Å². The summed E-state index contributed by atoms with van der Waals surface area (Å²) in [6.45, 7) is 0.0662. The van der Waals surface area contributed by atoms with Crippen LogP contribution in [0.15, 0.2) is 18.2 Å². The summed E-state index contributed by atoms with van der Waals surface area (Å²) in [6.07, 6.45) is -1.46. The Kier molecular flexibility index (Phi) is 3.43. The van der Waals surface area contributed by atoms with Gasteiger partial charge in [0.15, 0.2) is 17.5 Å². The summed E-state index contributed by atoms with van der Waals surface area (Å²) in [7, 11) is 0. The van der Waals surface area contributed by atoms with Crippen molar-refractivity contribution >= 4 is 12.0 Å². The highest BCUT2D eigenvalue weighted by Crippen LogP contribution is 2.34. The first-order valence-electron chi connectivity index (χ1n) is 5.35. The summed E-state index contributed by atoms with van der Waals surface area (Å²) < 4.78 is 10.2. The summed E-state index contributed by atoms with van der Waals surface area (Å²) in [5.74, 6) is -0.491. The lowest BCUT2D eigenvalue weighted by Crippen LogP contribution is -2.47. The van der Waals surface area contributed by atoms with Gasteiger partial charge in [0.1, 0.15) is 6.10 Å². The van der Waals surface area contributed by atoms with E-state index in [4.69, 9.17) is 20.3 Å². The maximum Gasteiger partial charge on any atom is 0.329 e. The number of fused-ring (bicyclic) bond motifs is 1. The first-order chi connectivity index (χ1) is 8.99. The van der Waals surface area contributed by atoms with Crippen molar-refractivity contribution in [2.45, 2.75) is 12.1 Å². The van der Waals surface area contributed by atoms with Crippen LogP contribution in [0.25, 0.3) is 0 Å². The lowest BCUT2D eigenvalue weighted by atomic mass is 10.0. The van der Waals surface area contributed by atoms with Crippen molar-refractivity contribution in [3.8, 4) is 11.5 Å². The second-order valence-corrected chi connectivity index (χ2v) is 3.88. The molecule has 0 aromatic heterocycles. The van der Waals surface area contributed by atoms with Gasteiger partial charge in [-0.1, -0.05) is 6.07 Å². The summed E-state index contributed by atoms with van der Waals surface area (Å²) in [4.78, 5) is 21.7. The number of carbonyl (C=O) groups is 2. The molecule has 0 spiro atoms. The molecule has 5 N–H and O–H groups in total. The number of nitrogens with one attached hydrogen (secondary N) is 1. The largest absolute Gasteiger partial charge is 0.480 e. The van der Waals surface area contributed by atoms with Crippen molar-refractivity contribution in [2.24, 2.45) is 5.73 Å². The van der Waals surface area contributed by atoms with Crippen LogP contribution in [0.1, 0.15) is 11.7 Å². The van der Waals surface area contributed by atoms with Crippen LogP contribution in [0.5, 0.6) is 11.5 Å². The van der Waals surface area contributed by atoms with Crippen LogP contribution >= 0.6 is 0 Å². The van der Waals surface area contributed by atoms with E-state index < -0.39 is 24.1 Å². The molecule has 0 saturated carbocycles. The molecule has 1 aliphatic rings. The van der Waals surface area contributed by atoms with E-state index >= 15 is 0 Å². The third kappa shape index (κ3) is 2.68. The topological polar surface area (TPSA) is 131 Å². The number of carboxylic acids is 1. The predicted octanol–water partition coefficient (Wildman–Crippen LogP) is -0.430. The number of benzene rings is 1. The number of rotatable bonds is 4. The van der Waals surface area contributed by atoms with Crippen LogP contribution in [-0.4, -0.2) is 35.0 Å². The Morgan fingerprint density at radius 3 is 2.63 bits per heavy atom. The van der Waals surface area contributed by atoms with Crippen LogP contribution in [0, 0.1) is 0 Å². The maximum atomic E-state index is 11.0. The normalized spacial score (nSPS) is 15.6. The second kappa shape index (κ2) is 5.02. The second-order valence-electron chi connectivity index (χ2n) is 3.88. The molecule has 2 rings (SSSR count). The fourth-order valence-corrected chi connectivity index (χ4v) is 1.72. The standard InChI is InChI=1S/C11H12N2O6/c12-11(17)13-8(10(15)16)9(14)5-1-2-6-7(3-5)19-4-18-6/h1-3,8-9,14H,4H2,(H,15,16)(H3,12,13,17)/t8-,9-/m0/s1. The third-order valence-electron chi connectivity index (χ3n) is 2.62. The Labute approximate surface area is 107 Å². The minimum atomic E-state index is -1.54. The van der Waals surface area contributed by atoms with E-state index in [-0.39, 0.29) is 12.4 Å². The third-order valence-corrected chi connectivity index (χ3v) is 2.62. The molecule has 2 amide bonds. The number of aliphatic hydroxyl groups is 1. The van der Waals surface area contributed by atoms with Crippen LogP contribution in [0.2, 0.25) is 0 Å². The van der Waals surface area contributed by atoms with E-state index in [1.165, 1.54) is 12.1 Å². The Balaban J connectivity index is 2.23. The summed E-state index contributed by atoms with van der Waals surface area (Å²) in [5, 5.41) is 20.9. The molecule has 0 bridgehead atoms. The number of aliphatic hydroxyl groups excluding tert-OH is 1. The van der Waals surface area contributed by atoms with Crippen LogP contribution in [0.3, 0.4) is 0 Å². The zero-order valence-electron chi connectivity index (χ0n) is 9.70. The number of urea groups is 1. The van der Waals surface area contributed by atoms with Crippen molar-refractivity contribution in [2.75, 3.05) is 6.79 Å². The highest BCUT2D eigenvalue weighted by molar-refractivity contribution is 5.82. The number of primary amides is 1. The molecular weight excluding hydrogens is 256 g/mol. The van der Waals surface area contributed by atoms with Crippen LogP contribution < -0.4 is 20.5 Å². The fraction of sp³-hybridized carbons (Fsp3) is 0.273. The van der Waals surface area contributed by atoms with Gasteiger partial charge in [-0.15, -0.1) is 0 Å². The average Bonchev–Trinajstić information content (AvgIpc) is 2.81. The Morgan fingerprint density at radius 2 is 2.00 bits per heavy atom. The average molecular weight is 268 g/mol. The van der Waals surface area contributed by atoms with Gasteiger partial charge in [-0.2, -0.15) is 0 Å². The number of hydrogen-bond donors (Lipinski definition) is 4. The highest BCUT2D eigenvalue weighted by atomic mass is 16.7. The van der Waals surface area contributed by atoms with Gasteiger partial charge in [0, 0.05) is 0 Å². The number of carbonyl (C=O) groups excluding carboxylic acids is 1. The molecule has 0 aliphatic carbocycles. The van der Waals surface area contributed by atoms with E-state index in [0.717, 1.165) is 0 Å². The zero-order valence-corrected chi connectivity index (χ0v) is 9.70. The van der Waals surface area contributed by atoms with Gasteiger partial charge in [0.05, 0.1) is 0 Å². The molecule has 8 nitrogen and oxygen atoms in total. The first-order valence-corrected chi connectivity index (χ1v) is 5.35. The molecule has 0 radical (unpaired) electrons. The highest BCUT2D eigenvalue weighted by Gasteiger charge is 2.30. The number of ether oxygens (including phenoxy) is 2. The lowest BCUT2D eigenvalue weighted by Gasteiger charge is -2.19. The van der Waals surface area contributed by atoms with Crippen LogP contribution in [0.4, 0.5) is 4.79 Å². The Bertz CT molecular complexity index is 518. The van der Waals surface area contributed by atoms with Crippen molar-refractivity contribution in [1.29, 1.82) is 0 Å². The van der Waals surface area contributed by atoms with Gasteiger partial charge in [0.25, 0.3) is 0 Å². The quantitative estimate of drug-likeness (QED) is 0.586. The van der Waals surface area contributed by atoms with Gasteiger partial charge in [0.2, 0.25) is 6.79 Å². The van der Waals surface area contributed by atoms with Crippen molar-refractivity contribution < 1.29 is 29.3 Å². The van der Waals surface area contributed by atoms with Crippen molar-refractivity contribution in [3.63, 3.8) is 0 Å². The number of hydrogen-bond acceptors (Lipinski definition) is 5. The van der Waals surface area contributed by atoms with E-state index in [2.05, 4.69) is 0 Å². The molecule has 0 fully saturated rings.